The Hall–Kier alpha value is -2.87. The molecule has 0 fully saturated rings. The van der Waals surface area contributed by atoms with Gasteiger partial charge in [0.05, 0.1) is 5.69 Å². The van der Waals surface area contributed by atoms with Crippen LogP contribution in [0, 0.1) is 11.3 Å². The Morgan fingerprint density at radius 3 is 2.62 bits per heavy atom. The van der Waals surface area contributed by atoms with Gasteiger partial charge in [0.25, 0.3) is 5.56 Å². The summed E-state index contributed by atoms with van der Waals surface area (Å²) in [5.74, 6) is 0.0333. The van der Waals surface area contributed by atoms with Gasteiger partial charge in [0.15, 0.2) is 5.65 Å². The Morgan fingerprint density at radius 1 is 1.29 bits per heavy atom. The fraction of sp³-hybridized carbons (Fsp3) is 0.188. The predicted octanol–water partition coefficient (Wildman–Crippen LogP) is 2.68. The molecular formula is C16H14N4O. The van der Waals surface area contributed by atoms with Gasteiger partial charge in [-0.3, -0.25) is 9.89 Å². The summed E-state index contributed by atoms with van der Waals surface area (Å²) in [5, 5.41) is 11.9. The van der Waals surface area contributed by atoms with E-state index in [1.165, 1.54) is 10.7 Å². The molecule has 0 amide bonds. The quantitative estimate of drug-likeness (QED) is 0.783. The number of benzene rings is 1. The smallest absolute Gasteiger partial charge is 0.276 e. The largest absolute Gasteiger partial charge is 0.295 e. The monoisotopic (exact) mass is 278 g/mol. The molecule has 0 bridgehead atoms. The number of nitrogens with one attached hydrogen (secondary N) is 1. The van der Waals surface area contributed by atoms with Crippen LogP contribution in [-0.2, 0) is 0 Å². The van der Waals surface area contributed by atoms with Crippen LogP contribution in [0.25, 0.3) is 16.9 Å². The minimum atomic E-state index is -0.157. The lowest BCUT2D eigenvalue weighted by Crippen LogP contribution is -2.22. The molecule has 21 heavy (non-hydrogen) atoms. The maximum atomic E-state index is 12.7. The number of aromatic amines is 1. The van der Waals surface area contributed by atoms with Gasteiger partial charge in [-0.2, -0.15) is 5.26 Å². The summed E-state index contributed by atoms with van der Waals surface area (Å²) in [7, 11) is 0. The van der Waals surface area contributed by atoms with E-state index in [-0.39, 0.29) is 11.5 Å². The van der Waals surface area contributed by atoms with Crippen molar-refractivity contribution in [2.45, 2.75) is 19.8 Å². The molecule has 0 aliphatic rings. The summed E-state index contributed by atoms with van der Waals surface area (Å²) in [6, 6.07) is 11.6. The summed E-state index contributed by atoms with van der Waals surface area (Å²) in [4.78, 5) is 17.2. The molecular weight excluding hydrogens is 264 g/mol. The van der Waals surface area contributed by atoms with Gasteiger partial charge >= 0.3 is 0 Å². The first-order valence-corrected chi connectivity index (χ1v) is 6.73. The zero-order valence-corrected chi connectivity index (χ0v) is 11.8. The molecule has 0 saturated carbocycles. The van der Waals surface area contributed by atoms with E-state index >= 15 is 0 Å². The van der Waals surface area contributed by atoms with Crippen LogP contribution < -0.4 is 5.56 Å². The third kappa shape index (κ3) is 2.01. The maximum Gasteiger partial charge on any atom is 0.276 e. The highest BCUT2D eigenvalue weighted by molar-refractivity contribution is 5.68. The minimum Gasteiger partial charge on any atom is -0.295 e. The molecule has 0 unspecified atom stereocenters. The molecule has 3 rings (SSSR count). The van der Waals surface area contributed by atoms with E-state index in [9.17, 15) is 4.79 Å². The topological polar surface area (TPSA) is 73.9 Å². The number of nitrogens with zero attached hydrogens (tertiary/aromatic N) is 3. The molecule has 0 saturated heterocycles. The van der Waals surface area contributed by atoms with Crippen LogP contribution in [-0.4, -0.2) is 14.6 Å². The third-order valence-corrected chi connectivity index (χ3v) is 3.44. The number of rotatable bonds is 2. The molecule has 0 aliphatic heterocycles. The zero-order chi connectivity index (χ0) is 15.0. The van der Waals surface area contributed by atoms with Crippen molar-refractivity contribution >= 4 is 5.65 Å². The van der Waals surface area contributed by atoms with E-state index in [1.807, 2.05) is 44.2 Å². The molecule has 5 heteroatoms. The van der Waals surface area contributed by atoms with Crippen molar-refractivity contribution in [3.8, 4) is 17.3 Å². The maximum absolute atomic E-state index is 12.7. The molecule has 2 heterocycles. The second-order valence-corrected chi connectivity index (χ2v) is 5.16. The van der Waals surface area contributed by atoms with Crippen LogP contribution in [0.2, 0.25) is 0 Å². The summed E-state index contributed by atoms with van der Waals surface area (Å²) >= 11 is 0. The minimum absolute atomic E-state index is 0.0333. The molecule has 1 aromatic carbocycles. The number of H-pyrrole nitrogens is 1. The molecule has 0 aliphatic carbocycles. The van der Waals surface area contributed by atoms with Gasteiger partial charge in [-0.1, -0.05) is 44.2 Å². The van der Waals surface area contributed by atoms with Crippen LogP contribution in [0.5, 0.6) is 0 Å². The van der Waals surface area contributed by atoms with Crippen molar-refractivity contribution in [2.24, 2.45) is 0 Å². The van der Waals surface area contributed by atoms with Gasteiger partial charge in [0, 0.05) is 17.3 Å². The number of aromatic nitrogens is 3. The Morgan fingerprint density at radius 2 is 2.00 bits per heavy atom. The van der Waals surface area contributed by atoms with Crippen molar-refractivity contribution in [1.82, 2.24) is 14.6 Å². The fourth-order valence-corrected chi connectivity index (χ4v) is 2.45. The summed E-state index contributed by atoms with van der Waals surface area (Å²) < 4.78 is 1.33. The van der Waals surface area contributed by atoms with Gasteiger partial charge in [-0.25, -0.2) is 9.50 Å². The number of fused-ring (bicyclic) bond motifs is 1. The Balaban J connectivity index is 2.45. The van der Waals surface area contributed by atoms with Crippen LogP contribution in [0.4, 0.5) is 0 Å². The SMILES string of the molecule is CC(C)c1c(-c2ccccc2)nc2c(C#N)c[nH]n2c1=O. The predicted molar refractivity (Wildman–Crippen MR) is 80.1 cm³/mol. The van der Waals surface area contributed by atoms with Gasteiger partial charge < -0.3 is 0 Å². The van der Waals surface area contributed by atoms with Crippen LogP contribution >= 0.6 is 0 Å². The first-order valence-electron chi connectivity index (χ1n) is 6.73. The van der Waals surface area contributed by atoms with Crippen molar-refractivity contribution in [3.05, 3.63) is 58.0 Å². The Kier molecular flexibility index (Phi) is 3.07. The number of hydrogen-bond acceptors (Lipinski definition) is 3. The van der Waals surface area contributed by atoms with Crippen LogP contribution in [0.1, 0.15) is 30.9 Å². The van der Waals surface area contributed by atoms with E-state index in [2.05, 4.69) is 16.2 Å². The molecule has 2 aromatic heterocycles. The molecule has 0 atom stereocenters. The summed E-state index contributed by atoms with van der Waals surface area (Å²) in [6.07, 6.45) is 1.50. The van der Waals surface area contributed by atoms with E-state index in [0.717, 1.165) is 5.56 Å². The highest BCUT2D eigenvalue weighted by Gasteiger charge is 2.19. The average Bonchev–Trinajstić information content (AvgIpc) is 2.91. The summed E-state index contributed by atoms with van der Waals surface area (Å²) in [6.45, 7) is 3.93. The summed E-state index contributed by atoms with van der Waals surface area (Å²) in [5.41, 5.74) is 2.74. The highest BCUT2D eigenvalue weighted by atomic mass is 16.1. The van der Waals surface area contributed by atoms with Gasteiger partial charge in [0.2, 0.25) is 0 Å². The average molecular weight is 278 g/mol. The van der Waals surface area contributed by atoms with E-state index in [1.54, 1.807) is 0 Å². The van der Waals surface area contributed by atoms with Crippen molar-refractivity contribution in [1.29, 1.82) is 5.26 Å². The van der Waals surface area contributed by atoms with E-state index in [0.29, 0.717) is 22.5 Å². The van der Waals surface area contributed by atoms with Crippen LogP contribution in [0.3, 0.4) is 0 Å². The van der Waals surface area contributed by atoms with E-state index < -0.39 is 0 Å². The number of nitriles is 1. The number of hydrogen-bond donors (Lipinski definition) is 1. The lowest BCUT2D eigenvalue weighted by atomic mass is 9.98. The lowest BCUT2D eigenvalue weighted by molar-refractivity contribution is 0.797. The molecule has 0 spiro atoms. The normalized spacial score (nSPS) is 11.0. The molecule has 0 radical (unpaired) electrons. The first kappa shape index (κ1) is 13.1. The van der Waals surface area contributed by atoms with E-state index in [4.69, 9.17) is 5.26 Å². The molecule has 1 N–H and O–H groups in total. The highest BCUT2D eigenvalue weighted by Crippen LogP contribution is 2.25. The zero-order valence-electron chi connectivity index (χ0n) is 11.8. The third-order valence-electron chi connectivity index (χ3n) is 3.44. The Labute approximate surface area is 121 Å². The molecule has 3 aromatic rings. The standard InChI is InChI=1S/C16H14N4O/c1-10(2)13-14(11-6-4-3-5-7-11)19-15-12(8-17)9-18-20(15)16(13)21/h3-7,9-10,18H,1-2H3. The molecule has 5 nitrogen and oxygen atoms in total. The van der Waals surface area contributed by atoms with Gasteiger partial charge in [0.1, 0.15) is 11.6 Å². The first-order chi connectivity index (χ1) is 10.1. The van der Waals surface area contributed by atoms with Crippen LogP contribution in [0.15, 0.2) is 41.3 Å². The molecule has 104 valence electrons. The Bertz CT molecular complexity index is 898. The van der Waals surface area contributed by atoms with Gasteiger partial charge in [-0.15, -0.1) is 0 Å². The lowest BCUT2D eigenvalue weighted by Gasteiger charge is -2.11. The van der Waals surface area contributed by atoms with Crippen molar-refractivity contribution in [3.63, 3.8) is 0 Å². The second-order valence-electron chi connectivity index (χ2n) is 5.16. The van der Waals surface area contributed by atoms with Crippen molar-refractivity contribution < 1.29 is 0 Å². The van der Waals surface area contributed by atoms with Gasteiger partial charge in [-0.05, 0) is 5.92 Å². The van der Waals surface area contributed by atoms with Crippen molar-refractivity contribution in [2.75, 3.05) is 0 Å². The second kappa shape index (κ2) is 4.91. The fourth-order valence-electron chi connectivity index (χ4n) is 2.45.